The van der Waals surface area contributed by atoms with Crippen LogP contribution in [0.15, 0.2) is 41.6 Å². The number of hydrogen-bond acceptors (Lipinski definition) is 3. The minimum atomic E-state index is -4.93. The van der Waals surface area contributed by atoms with Gasteiger partial charge in [-0.3, -0.25) is 4.79 Å². The van der Waals surface area contributed by atoms with Gasteiger partial charge in [-0.05, 0) is 23.3 Å². The molecule has 2 aromatic rings. The summed E-state index contributed by atoms with van der Waals surface area (Å²) in [4.78, 5) is 18.3. The number of hydrogen-bond donors (Lipinski definition) is 0. The summed E-state index contributed by atoms with van der Waals surface area (Å²) in [6.45, 7) is 3.29. The van der Waals surface area contributed by atoms with Crippen LogP contribution in [0.1, 0.15) is 37.0 Å². The lowest BCUT2D eigenvalue weighted by atomic mass is 9.84. The molecular formula is C23H19Cl2F5N2O2. The van der Waals surface area contributed by atoms with Crippen molar-refractivity contribution in [3.05, 3.63) is 69.0 Å². The van der Waals surface area contributed by atoms with Gasteiger partial charge in [0.25, 0.3) is 5.60 Å². The second kappa shape index (κ2) is 8.37. The molecule has 1 saturated heterocycles. The first-order chi connectivity index (χ1) is 15.8. The highest BCUT2D eigenvalue weighted by molar-refractivity contribution is 6.35. The molecule has 0 saturated carbocycles. The average molecular weight is 521 g/mol. The molecular weight excluding hydrogens is 502 g/mol. The minimum Gasteiger partial charge on any atom is -0.374 e. The monoisotopic (exact) mass is 520 g/mol. The molecule has 0 spiro atoms. The largest absolute Gasteiger partial charge is 0.435 e. The van der Waals surface area contributed by atoms with Crippen molar-refractivity contribution in [2.75, 3.05) is 13.1 Å². The van der Waals surface area contributed by atoms with Crippen LogP contribution in [0.3, 0.4) is 0 Å². The van der Waals surface area contributed by atoms with Crippen molar-refractivity contribution in [2.45, 2.75) is 37.7 Å². The van der Waals surface area contributed by atoms with Gasteiger partial charge in [0.05, 0.1) is 28.8 Å². The molecule has 1 atom stereocenters. The fourth-order valence-corrected chi connectivity index (χ4v) is 4.56. The van der Waals surface area contributed by atoms with E-state index in [0.717, 1.165) is 12.1 Å². The molecule has 4 rings (SSSR count). The highest BCUT2D eigenvalue weighted by Gasteiger charge is 2.62. The number of oxime groups is 1. The van der Waals surface area contributed by atoms with Gasteiger partial charge < -0.3 is 9.74 Å². The van der Waals surface area contributed by atoms with Crippen molar-refractivity contribution < 1.29 is 31.6 Å². The molecule has 0 N–H and O–H groups in total. The van der Waals surface area contributed by atoms with Crippen molar-refractivity contribution in [3.8, 4) is 0 Å². The van der Waals surface area contributed by atoms with Crippen molar-refractivity contribution in [3.63, 3.8) is 0 Å². The third kappa shape index (κ3) is 4.02. The van der Waals surface area contributed by atoms with Crippen LogP contribution in [0, 0.1) is 11.7 Å². The molecule has 2 aromatic carbocycles. The Bertz CT molecular complexity index is 1140. The summed E-state index contributed by atoms with van der Waals surface area (Å²) in [5.41, 5.74) is -4.55. The third-order valence-electron chi connectivity index (χ3n) is 6.06. The standard InChI is InChI=1S/C23H19Cl2F5N2O2/c1-12(2)20(33)32-10-21(27,11-32)14-5-3-13(4-6-14)18-9-22(34-31-18,23(28,29)30)15-7-16(24)19(26)17(25)8-15/h3-8,12H,9-11H2,1-2H3. The van der Waals surface area contributed by atoms with E-state index in [1.54, 1.807) is 13.8 Å². The number of carbonyl (C=O) groups is 1. The van der Waals surface area contributed by atoms with E-state index < -0.39 is 45.3 Å². The topological polar surface area (TPSA) is 41.9 Å². The summed E-state index contributed by atoms with van der Waals surface area (Å²) in [5, 5.41) is 2.48. The fraction of sp³-hybridized carbons (Fsp3) is 0.391. The van der Waals surface area contributed by atoms with Crippen molar-refractivity contribution in [1.29, 1.82) is 0 Å². The lowest BCUT2D eigenvalue weighted by molar-refractivity contribution is -0.275. The zero-order valence-corrected chi connectivity index (χ0v) is 19.5. The minimum absolute atomic E-state index is 0.0291. The van der Waals surface area contributed by atoms with Gasteiger partial charge in [0, 0.05) is 17.9 Å². The third-order valence-corrected chi connectivity index (χ3v) is 6.61. The molecule has 1 amide bonds. The molecule has 2 aliphatic rings. The number of benzene rings is 2. The molecule has 0 bridgehead atoms. The molecule has 11 heteroatoms. The van der Waals surface area contributed by atoms with Gasteiger partial charge in [0.1, 0.15) is 0 Å². The smallest absolute Gasteiger partial charge is 0.374 e. The van der Waals surface area contributed by atoms with Gasteiger partial charge in [0.2, 0.25) is 5.91 Å². The lowest BCUT2D eigenvalue weighted by Gasteiger charge is -2.45. The average Bonchev–Trinajstić information content (AvgIpc) is 3.21. The van der Waals surface area contributed by atoms with Gasteiger partial charge >= 0.3 is 6.18 Å². The zero-order valence-electron chi connectivity index (χ0n) is 18.0. The van der Waals surface area contributed by atoms with Crippen LogP contribution in [-0.2, 0) is 20.9 Å². The molecule has 2 aliphatic heterocycles. The number of amides is 1. The molecule has 34 heavy (non-hydrogen) atoms. The summed E-state index contributed by atoms with van der Waals surface area (Å²) >= 11 is 11.4. The van der Waals surface area contributed by atoms with E-state index in [1.807, 2.05) is 0 Å². The van der Waals surface area contributed by atoms with E-state index in [-0.39, 0.29) is 30.6 Å². The number of carbonyl (C=O) groups excluding carboxylic acids is 1. The van der Waals surface area contributed by atoms with Gasteiger partial charge in [-0.25, -0.2) is 8.78 Å². The Labute approximate surface area is 202 Å². The van der Waals surface area contributed by atoms with Gasteiger partial charge in [-0.2, -0.15) is 13.2 Å². The van der Waals surface area contributed by atoms with Crippen molar-refractivity contribution >= 4 is 34.8 Å². The Morgan fingerprint density at radius 2 is 1.65 bits per heavy atom. The number of alkyl halides is 4. The number of likely N-dealkylation sites (tertiary alicyclic amines) is 1. The SMILES string of the molecule is CC(C)C(=O)N1CC(F)(c2ccc(C3=NOC(c4cc(Cl)c(F)c(Cl)c4)(C(F)(F)F)C3)cc2)C1. The molecule has 4 nitrogen and oxygen atoms in total. The highest BCUT2D eigenvalue weighted by atomic mass is 35.5. The Morgan fingerprint density at radius 1 is 1.09 bits per heavy atom. The first-order valence-electron chi connectivity index (χ1n) is 10.3. The van der Waals surface area contributed by atoms with Crippen LogP contribution in [0.4, 0.5) is 22.0 Å². The number of halogens is 7. The number of rotatable bonds is 4. The van der Waals surface area contributed by atoms with Crippen molar-refractivity contribution in [2.24, 2.45) is 11.1 Å². The maximum absolute atomic E-state index is 15.2. The quantitative estimate of drug-likeness (QED) is 0.346. The Kier molecular flexibility index (Phi) is 6.09. The van der Waals surface area contributed by atoms with Gasteiger partial charge in [-0.1, -0.05) is 66.5 Å². The van der Waals surface area contributed by atoms with Gasteiger partial charge in [0.15, 0.2) is 11.5 Å². The summed E-state index contributed by atoms with van der Waals surface area (Å²) < 4.78 is 71.3. The maximum atomic E-state index is 15.2. The van der Waals surface area contributed by atoms with E-state index in [4.69, 9.17) is 28.0 Å². The first kappa shape index (κ1) is 24.7. The molecule has 0 aliphatic carbocycles. The Balaban J connectivity index is 1.56. The predicted octanol–water partition coefficient (Wildman–Crippen LogP) is 6.38. The second-order valence-corrected chi connectivity index (χ2v) is 9.59. The fourth-order valence-electron chi connectivity index (χ4n) is 4.07. The summed E-state index contributed by atoms with van der Waals surface area (Å²) in [7, 11) is 0. The number of nitrogens with zero attached hydrogens (tertiary/aromatic N) is 2. The maximum Gasteiger partial charge on any atom is 0.435 e. The highest BCUT2D eigenvalue weighted by Crippen LogP contribution is 2.50. The summed E-state index contributed by atoms with van der Waals surface area (Å²) in [6, 6.07) is 7.42. The van der Waals surface area contributed by atoms with Gasteiger partial charge in [-0.15, -0.1) is 0 Å². The van der Waals surface area contributed by atoms with Crippen molar-refractivity contribution in [1.82, 2.24) is 4.90 Å². The van der Waals surface area contributed by atoms with E-state index in [2.05, 4.69) is 5.16 Å². The van der Waals surface area contributed by atoms with Crippen LogP contribution in [0.5, 0.6) is 0 Å². The Hall–Kier alpha value is -2.39. The van der Waals surface area contributed by atoms with Crippen LogP contribution < -0.4 is 0 Å². The van der Waals surface area contributed by atoms with Crippen LogP contribution in [-0.4, -0.2) is 35.8 Å². The summed E-state index contributed by atoms with van der Waals surface area (Å²) in [5.74, 6) is -1.43. The van der Waals surface area contributed by atoms with Crippen LogP contribution in [0.2, 0.25) is 10.0 Å². The Morgan fingerprint density at radius 3 is 2.15 bits per heavy atom. The molecule has 182 valence electrons. The molecule has 0 aromatic heterocycles. The second-order valence-electron chi connectivity index (χ2n) is 8.78. The van der Waals surface area contributed by atoms with Crippen LogP contribution >= 0.6 is 23.2 Å². The van der Waals surface area contributed by atoms with Crippen LogP contribution in [0.25, 0.3) is 0 Å². The zero-order chi connectivity index (χ0) is 25.1. The predicted molar refractivity (Wildman–Crippen MR) is 117 cm³/mol. The molecule has 0 radical (unpaired) electrons. The normalized spacial score (nSPS) is 21.8. The molecule has 2 heterocycles. The molecule has 1 unspecified atom stereocenters. The first-order valence-corrected chi connectivity index (χ1v) is 11.1. The lowest BCUT2D eigenvalue weighted by Crippen LogP contribution is -2.59. The van der Waals surface area contributed by atoms with E-state index in [9.17, 15) is 22.4 Å². The summed E-state index contributed by atoms with van der Waals surface area (Å²) in [6.07, 6.45) is -5.64. The van der Waals surface area contributed by atoms with E-state index in [1.165, 1.54) is 29.2 Å². The van der Waals surface area contributed by atoms with E-state index >= 15 is 4.39 Å². The van der Waals surface area contributed by atoms with E-state index in [0.29, 0.717) is 11.1 Å². The molecule has 1 fully saturated rings.